The van der Waals surface area contributed by atoms with Crippen molar-refractivity contribution >= 4 is 60.3 Å². The fourth-order valence-electron chi connectivity index (χ4n) is 3.26. The van der Waals surface area contributed by atoms with E-state index in [1.807, 2.05) is 42.5 Å². The van der Waals surface area contributed by atoms with Gasteiger partial charge in [-0.25, -0.2) is 4.98 Å². The molecule has 5 nitrogen and oxygen atoms in total. The highest BCUT2D eigenvalue weighted by atomic mass is 79.9. The first-order chi connectivity index (χ1) is 14.4. The summed E-state index contributed by atoms with van der Waals surface area (Å²) in [4.78, 5) is 16.2. The molecule has 1 heterocycles. The van der Waals surface area contributed by atoms with E-state index in [4.69, 9.17) is 0 Å². The highest BCUT2D eigenvalue weighted by Gasteiger charge is 2.25. The number of aliphatic hydroxyl groups is 1. The number of benzene rings is 3. The van der Waals surface area contributed by atoms with Crippen LogP contribution in [0.25, 0.3) is 33.9 Å². The minimum atomic E-state index is -0.448. The smallest absolute Gasteiger partial charge is 0.303 e. The van der Waals surface area contributed by atoms with E-state index in [0.29, 0.717) is 27.6 Å². The van der Waals surface area contributed by atoms with Crippen LogP contribution in [0.3, 0.4) is 0 Å². The van der Waals surface area contributed by atoms with Gasteiger partial charge in [0.25, 0.3) is 0 Å². The lowest BCUT2D eigenvalue weighted by Gasteiger charge is -2.11. The number of fused-ring (bicyclic) bond motifs is 1. The maximum Gasteiger partial charge on any atom is 0.303 e. The third-order valence-corrected chi connectivity index (χ3v) is 5.63. The Kier molecular flexibility index (Phi) is 5.65. The van der Waals surface area contributed by atoms with Crippen LogP contribution in [-0.4, -0.2) is 15.0 Å². The minimum absolute atomic E-state index is 0.0918. The third kappa shape index (κ3) is 3.99. The normalized spacial score (nSPS) is 11.6. The zero-order valence-corrected chi connectivity index (χ0v) is 18.6. The van der Waals surface area contributed by atoms with Gasteiger partial charge in [-0.15, -0.1) is 0 Å². The highest BCUT2D eigenvalue weighted by Crippen LogP contribution is 2.40. The molecule has 1 N–H and O–H groups in total. The Bertz CT molecular complexity index is 1290. The second-order valence-electron chi connectivity index (χ2n) is 6.54. The number of pyridine rings is 1. The lowest BCUT2D eigenvalue weighted by atomic mass is 9.97. The standard InChI is InChI=1S/C23H14Br2N2O3/c24-16-8-6-14(7-9-16)21(28)13-20-23(27(29)30)22(15-4-2-1-3-5-15)18-12-17(25)10-11-19(18)26-20/h1-13,28H/b21-13+. The summed E-state index contributed by atoms with van der Waals surface area (Å²) < 4.78 is 1.66. The number of rotatable bonds is 4. The van der Waals surface area contributed by atoms with Crippen LogP contribution in [-0.2, 0) is 0 Å². The Morgan fingerprint density at radius 3 is 2.30 bits per heavy atom. The fourth-order valence-corrected chi connectivity index (χ4v) is 3.89. The van der Waals surface area contributed by atoms with E-state index < -0.39 is 4.92 Å². The predicted molar refractivity (Wildman–Crippen MR) is 126 cm³/mol. The number of hydrogen-bond acceptors (Lipinski definition) is 4. The molecule has 0 saturated carbocycles. The summed E-state index contributed by atoms with van der Waals surface area (Å²) in [5, 5.41) is 23.4. The summed E-state index contributed by atoms with van der Waals surface area (Å²) in [6, 6.07) is 21.6. The van der Waals surface area contributed by atoms with Crippen LogP contribution >= 0.6 is 31.9 Å². The van der Waals surface area contributed by atoms with Gasteiger partial charge in [-0.1, -0.05) is 74.3 Å². The molecule has 1 aromatic heterocycles. The summed E-state index contributed by atoms with van der Waals surface area (Å²) in [6.07, 6.45) is 1.34. The van der Waals surface area contributed by atoms with Crippen LogP contribution in [0.1, 0.15) is 11.3 Å². The Balaban J connectivity index is 2.04. The third-order valence-electron chi connectivity index (χ3n) is 4.61. The van der Waals surface area contributed by atoms with Crippen LogP contribution in [0.2, 0.25) is 0 Å². The van der Waals surface area contributed by atoms with E-state index >= 15 is 0 Å². The van der Waals surface area contributed by atoms with E-state index in [1.165, 1.54) is 6.08 Å². The van der Waals surface area contributed by atoms with Gasteiger partial charge in [0.2, 0.25) is 0 Å². The number of nitro groups is 1. The first-order valence-corrected chi connectivity index (χ1v) is 10.5. The van der Waals surface area contributed by atoms with Crippen molar-refractivity contribution in [2.75, 3.05) is 0 Å². The second kappa shape index (κ2) is 8.38. The molecule has 30 heavy (non-hydrogen) atoms. The Morgan fingerprint density at radius 2 is 1.63 bits per heavy atom. The number of aliphatic hydroxyl groups excluding tert-OH is 1. The predicted octanol–water partition coefficient (Wildman–Crippen LogP) is 7.39. The molecule has 0 unspecified atom stereocenters. The monoisotopic (exact) mass is 524 g/mol. The van der Waals surface area contributed by atoms with Crippen LogP contribution in [0.4, 0.5) is 5.69 Å². The number of halogens is 2. The largest absolute Gasteiger partial charge is 0.507 e. The molecule has 0 fully saturated rings. The fraction of sp³-hybridized carbons (Fsp3) is 0. The van der Waals surface area contributed by atoms with Gasteiger partial charge in [0.05, 0.1) is 16.0 Å². The molecule has 0 radical (unpaired) electrons. The van der Waals surface area contributed by atoms with Crippen LogP contribution < -0.4 is 0 Å². The molecular formula is C23H14Br2N2O3. The van der Waals surface area contributed by atoms with Gasteiger partial charge in [-0.05, 0) is 35.9 Å². The summed E-state index contributed by atoms with van der Waals surface area (Å²) in [5.74, 6) is -0.103. The van der Waals surface area contributed by atoms with Crippen LogP contribution in [0.5, 0.6) is 0 Å². The average molecular weight is 526 g/mol. The lowest BCUT2D eigenvalue weighted by molar-refractivity contribution is -0.384. The molecule has 0 saturated heterocycles. The molecule has 4 rings (SSSR count). The summed E-state index contributed by atoms with van der Waals surface area (Å²) in [5.41, 5.74) is 2.22. The molecular weight excluding hydrogens is 512 g/mol. The van der Waals surface area contributed by atoms with E-state index in [0.717, 1.165) is 8.95 Å². The summed E-state index contributed by atoms with van der Waals surface area (Å²) in [7, 11) is 0. The highest BCUT2D eigenvalue weighted by molar-refractivity contribution is 9.10. The molecule has 0 amide bonds. The van der Waals surface area contributed by atoms with Crippen molar-refractivity contribution in [3.8, 4) is 11.1 Å². The zero-order chi connectivity index (χ0) is 21.3. The molecule has 0 atom stereocenters. The van der Waals surface area contributed by atoms with Crippen LogP contribution in [0.15, 0.2) is 81.7 Å². The van der Waals surface area contributed by atoms with Crippen LogP contribution in [0, 0.1) is 10.1 Å². The van der Waals surface area contributed by atoms with Crippen molar-refractivity contribution in [2.24, 2.45) is 0 Å². The average Bonchev–Trinajstić information content (AvgIpc) is 2.74. The van der Waals surface area contributed by atoms with Crippen molar-refractivity contribution in [3.05, 3.63) is 103 Å². The second-order valence-corrected chi connectivity index (χ2v) is 8.37. The molecule has 4 aromatic rings. The van der Waals surface area contributed by atoms with Gasteiger partial charge in [0.1, 0.15) is 11.5 Å². The van der Waals surface area contributed by atoms with Crippen molar-refractivity contribution in [1.29, 1.82) is 0 Å². The summed E-state index contributed by atoms with van der Waals surface area (Å²) >= 11 is 6.80. The van der Waals surface area contributed by atoms with E-state index in [1.54, 1.807) is 30.3 Å². The number of aromatic nitrogens is 1. The first-order valence-electron chi connectivity index (χ1n) is 8.93. The van der Waals surface area contributed by atoms with Gasteiger partial charge in [0, 0.05) is 26.0 Å². The Labute approximate surface area is 189 Å². The SMILES string of the molecule is O=[N+]([O-])c1c(/C=C(/O)c2ccc(Br)cc2)nc2ccc(Br)cc2c1-c1ccccc1. The van der Waals surface area contributed by atoms with Gasteiger partial charge in [-0.3, -0.25) is 10.1 Å². The quantitative estimate of drug-likeness (QED) is 0.171. The molecule has 0 aliphatic rings. The molecule has 148 valence electrons. The van der Waals surface area contributed by atoms with E-state index in [-0.39, 0.29) is 17.1 Å². The molecule has 0 aliphatic heterocycles. The Hall–Kier alpha value is -3.03. The van der Waals surface area contributed by atoms with Crippen molar-refractivity contribution < 1.29 is 10.0 Å². The van der Waals surface area contributed by atoms with Crippen molar-refractivity contribution in [1.82, 2.24) is 4.98 Å². The van der Waals surface area contributed by atoms with Gasteiger partial charge < -0.3 is 5.11 Å². The van der Waals surface area contributed by atoms with E-state index in [2.05, 4.69) is 36.8 Å². The number of hydrogen-bond donors (Lipinski definition) is 1. The molecule has 3 aromatic carbocycles. The Morgan fingerprint density at radius 1 is 0.967 bits per heavy atom. The lowest BCUT2D eigenvalue weighted by Crippen LogP contribution is -2.00. The molecule has 0 bridgehead atoms. The zero-order valence-electron chi connectivity index (χ0n) is 15.4. The maximum absolute atomic E-state index is 12.1. The number of nitrogens with zero attached hydrogens (tertiary/aromatic N) is 2. The minimum Gasteiger partial charge on any atom is -0.507 e. The molecule has 0 spiro atoms. The maximum atomic E-state index is 12.1. The summed E-state index contributed by atoms with van der Waals surface area (Å²) in [6.45, 7) is 0. The molecule has 0 aliphatic carbocycles. The van der Waals surface area contributed by atoms with Gasteiger partial charge >= 0.3 is 5.69 Å². The first kappa shape index (κ1) is 20.3. The topological polar surface area (TPSA) is 76.3 Å². The van der Waals surface area contributed by atoms with Crippen molar-refractivity contribution in [3.63, 3.8) is 0 Å². The molecule has 7 heteroatoms. The van der Waals surface area contributed by atoms with Gasteiger partial charge in [0.15, 0.2) is 0 Å². The van der Waals surface area contributed by atoms with E-state index in [9.17, 15) is 15.2 Å². The van der Waals surface area contributed by atoms with Crippen molar-refractivity contribution in [2.45, 2.75) is 0 Å². The van der Waals surface area contributed by atoms with Gasteiger partial charge in [-0.2, -0.15) is 0 Å².